The first-order chi connectivity index (χ1) is 10.1. The minimum atomic E-state index is -3.59. The number of ether oxygens (including phenoxy) is 2. The van der Waals surface area contributed by atoms with Gasteiger partial charge in [-0.2, -0.15) is 0 Å². The monoisotopic (exact) mass is 311 g/mol. The molecule has 7 heteroatoms. The van der Waals surface area contributed by atoms with Crippen molar-refractivity contribution >= 4 is 10.0 Å². The van der Waals surface area contributed by atoms with Crippen LogP contribution in [0.25, 0.3) is 0 Å². The molecule has 1 heterocycles. The van der Waals surface area contributed by atoms with E-state index in [2.05, 4.69) is 4.72 Å². The zero-order valence-electron chi connectivity index (χ0n) is 11.8. The third-order valence-corrected chi connectivity index (χ3v) is 4.41. The smallest absolute Gasteiger partial charge is 0.240 e. The fourth-order valence-electron chi connectivity index (χ4n) is 1.83. The van der Waals surface area contributed by atoms with E-state index in [1.54, 1.807) is 24.7 Å². The lowest BCUT2D eigenvalue weighted by atomic mass is 10.2. The molecule has 1 N–H and O–H groups in total. The molecule has 0 saturated heterocycles. The summed E-state index contributed by atoms with van der Waals surface area (Å²) in [6, 6.07) is 6.26. The van der Waals surface area contributed by atoms with Crippen molar-refractivity contribution in [3.05, 3.63) is 42.4 Å². The van der Waals surface area contributed by atoms with Gasteiger partial charge in [-0.1, -0.05) is 0 Å². The molecular weight excluding hydrogens is 294 g/mol. The minimum Gasteiger partial charge on any atom is -0.493 e. The van der Waals surface area contributed by atoms with Gasteiger partial charge in [-0.05, 0) is 30.2 Å². The Bertz CT molecular complexity index is 679. The van der Waals surface area contributed by atoms with Crippen LogP contribution >= 0.6 is 0 Å². The third kappa shape index (κ3) is 3.77. The summed E-state index contributed by atoms with van der Waals surface area (Å²) in [6.45, 7) is 0.288. The van der Waals surface area contributed by atoms with E-state index >= 15 is 0 Å². The Morgan fingerprint density at radius 3 is 2.52 bits per heavy atom. The maximum atomic E-state index is 12.2. The summed E-state index contributed by atoms with van der Waals surface area (Å²) >= 11 is 0. The number of nitrogens with one attached hydrogen (secondary N) is 1. The van der Waals surface area contributed by atoms with Gasteiger partial charge in [0.05, 0.1) is 31.6 Å². The number of rotatable bonds is 7. The first-order valence-electron chi connectivity index (χ1n) is 6.29. The zero-order chi connectivity index (χ0) is 15.3. The van der Waals surface area contributed by atoms with Gasteiger partial charge in [0.15, 0.2) is 11.5 Å². The maximum Gasteiger partial charge on any atom is 0.240 e. The van der Waals surface area contributed by atoms with E-state index in [-0.39, 0.29) is 11.4 Å². The summed E-state index contributed by atoms with van der Waals surface area (Å²) in [7, 11) is -0.633. The quantitative estimate of drug-likeness (QED) is 0.844. The molecule has 0 saturated carbocycles. The molecule has 2 aromatic rings. The topological polar surface area (TPSA) is 77.8 Å². The number of furan rings is 1. The Kier molecular flexibility index (Phi) is 4.87. The van der Waals surface area contributed by atoms with E-state index in [1.165, 1.54) is 26.4 Å². The predicted molar refractivity (Wildman–Crippen MR) is 77.1 cm³/mol. The Labute approximate surface area is 123 Å². The Hall–Kier alpha value is -1.99. The third-order valence-electron chi connectivity index (χ3n) is 2.95. The lowest BCUT2D eigenvalue weighted by Crippen LogP contribution is -2.25. The van der Waals surface area contributed by atoms with Crippen molar-refractivity contribution < 1.29 is 22.3 Å². The van der Waals surface area contributed by atoms with E-state index in [9.17, 15) is 8.42 Å². The molecule has 0 fully saturated rings. The van der Waals surface area contributed by atoms with E-state index in [4.69, 9.17) is 13.9 Å². The van der Waals surface area contributed by atoms with Gasteiger partial charge in [-0.15, -0.1) is 0 Å². The van der Waals surface area contributed by atoms with Gasteiger partial charge < -0.3 is 13.9 Å². The molecule has 0 bridgehead atoms. The van der Waals surface area contributed by atoms with Crippen molar-refractivity contribution in [1.82, 2.24) is 4.72 Å². The second kappa shape index (κ2) is 6.64. The normalized spacial score (nSPS) is 11.3. The summed E-state index contributed by atoms with van der Waals surface area (Å²) in [4.78, 5) is 0.132. The van der Waals surface area contributed by atoms with Gasteiger partial charge in [0.2, 0.25) is 10.0 Å². The number of hydrogen-bond acceptors (Lipinski definition) is 5. The Morgan fingerprint density at radius 2 is 1.90 bits per heavy atom. The largest absolute Gasteiger partial charge is 0.493 e. The van der Waals surface area contributed by atoms with E-state index in [1.807, 2.05) is 0 Å². The molecule has 1 aromatic heterocycles. The standard InChI is InChI=1S/C14H17NO5S/c1-18-13-4-3-12(9-14(13)19-2)21(16,17)15-7-5-11-6-8-20-10-11/h3-4,6,8-10,15H,5,7H2,1-2H3. The van der Waals surface area contributed by atoms with Crippen LogP contribution < -0.4 is 14.2 Å². The second-order valence-corrected chi connectivity index (χ2v) is 6.06. The highest BCUT2D eigenvalue weighted by molar-refractivity contribution is 7.89. The fourth-order valence-corrected chi connectivity index (χ4v) is 2.88. The molecule has 0 radical (unpaired) electrons. The Morgan fingerprint density at radius 1 is 1.14 bits per heavy atom. The van der Waals surface area contributed by atoms with Crippen LogP contribution in [0.5, 0.6) is 11.5 Å². The van der Waals surface area contributed by atoms with Crippen LogP contribution in [0.3, 0.4) is 0 Å². The lowest BCUT2D eigenvalue weighted by Gasteiger charge is -2.10. The first-order valence-corrected chi connectivity index (χ1v) is 7.78. The SMILES string of the molecule is COc1ccc(S(=O)(=O)NCCc2ccoc2)cc1OC. The Balaban J connectivity index is 2.08. The van der Waals surface area contributed by atoms with Gasteiger partial charge in [-0.25, -0.2) is 13.1 Å². The number of benzene rings is 1. The average molecular weight is 311 g/mol. The molecule has 0 atom stereocenters. The highest BCUT2D eigenvalue weighted by Crippen LogP contribution is 2.29. The lowest BCUT2D eigenvalue weighted by molar-refractivity contribution is 0.354. The van der Waals surface area contributed by atoms with Crippen molar-refractivity contribution in [2.75, 3.05) is 20.8 Å². The van der Waals surface area contributed by atoms with Gasteiger partial charge in [0.1, 0.15) is 0 Å². The summed E-state index contributed by atoms with van der Waals surface area (Å²) < 4.78 is 42.1. The molecule has 2 rings (SSSR count). The van der Waals surface area contributed by atoms with Gasteiger partial charge in [-0.3, -0.25) is 0 Å². The average Bonchev–Trinajstić information content (AvgIpc) is 2.99. The number of sulfonamides is 1. The highest BCUT2D eigenvalue weighted by atomic mass is 32.2. The molecule has 0 amide bonds. The molecule has 114 valence electrons. The van der Waals surface area contributed by atoms with Crippen LogP contribution in [0.1, 0.15) is 5.56 Å². The van der Waals surface area contributed by atoms with Crippen LogP contribution in [0.2, 0.25) is 0 Å². The molecule has 0 aliphatic carbocycles. The molecule has 1 aromatic carbocycles. The molecule has 0 aliphatic rings. The van der Waals surface area contributed by atoms with Crippen molar-refractivity contribution in [3.63, 3.8) is 0 Å². The summed E-state index contributed by atoms with van der Waals surface area (Å²) in [5.41, 5.74) is 0.935. The fraction of sp³-hybridized carbons (Fsp3) is 0.286. The highest BCUT2D eigenvalue weighted by Gasteiger charge is 2.16. The van der Waals surface area contributed by atoms with Crippen LogP contribution in [-0.4, -0.2) is 29.2 Å². The van der Waals surface area contributed by atoms with E-state index in [0.29, 0.717) is 17.9 Å². The molecule has 6 nitrogen and oxygen atoms in total. The molecule has 0 spiro atoms. The summed E-state index contributed by atoms with van der Waals surface area (Å²) in [5.74, 6) is 0.852. The van der Waals surface area contributed by atoms with Crippen molar-refractivity contribution in [2.45, 2.75) is 11.3 Å². The van der Waals surface area contributed by atoms with Crippen LogP contribution in [0, 0.1) is 0 Å². The molecule has 0 aliphatic heterocycles. The maximum absolute atomic E-state index is 12.2. The van der Waals surface area contributed by atoms with Crippen molar-refractivity contribution in [3.8, 4) is 11.5 Å². The van der Waals surface area contributed by atoms with E-state index in [0.717, 1.165) is 5.56 Å². The molecule has 21 heavy (non-hydrogen) atoms. The van der Waals surface area contributed by atoms with Gasteiger partial charge >= 0.3 is 0 Å². The van der Waals surface area contributed by atoms with E-state index < -0.39 is 10.0 Å². The van der Waals surface area contributed by atoms with Crippen molar-refractivity contribution in [2.24, 2.45) is 0 Å². The number of methoxy groups -OCH3 is 2. The first kappa shape index (κ1) is 15.4. The predicted octanol–water partition coefficient (Wildman–Crippen LogP) is 1.82. The van der Waals surface area contributed by atoms with Crippen LogP contribution in [0.4, 0.5) is 0 Å². The minimum absolute atomic E-state index is 0.132. The number of hydrogen-bond donors (Lipinski definition) is 1. The summed E-state index contributed by atoms with van der Waals surface area (Å²) in [5, 5.41) is 0. The second-order valence-electron chi connectivity index (χ2n) is 4.30. The van der Waals surface area contributed by atoms with Crippen LogP contribution in [-0.2, 0) is 16.4 Å². The molecular formula is C14H17NO5S. The van der Waals surface area contributed by atoms with Crippen LogP contribution in [0.15, 0.2) is 46.1 Å². The van der Waals surface area contributed by atoms with Gasteiger partial charge in [0, 0.05) is 12.6 Å². The summed E-state index contributed by atoms with van der Waals surface area (Å²) in [6.07, 6.45) is 3.70. The molecule has 0 unspecified atom stereocenters. The zero-order valence-corrected chi connectivity index (χ0v) is 12.6. The van der Waals surface area contributed by atoms with Crippen molar-refractivity contribution in [1.29, 1.82) is 0 Å². The van der Waals surface area contributed by atoms with Gasteiger partial charge in [0.25, 0.3) is 0 Å².